The molecule has 3 nitrogen and oxygen atoms in total. The number of hydrogen-bond acceptors (Lipinski definition) is 3. The molecule has 1 aliphatic rings. The highest BCUT2D eigenvalue weighted by Gasteiger charge is 2.77. The molecule has 0 spiro atoms. The third kappa shape index (κ3) is 3.76. The number of ketones is 1. The maximum atomic E-state index is 14.1. The number of rotatable bonds is 3. The molecule has 3 rings (SSSR count). The highest BCUT2D eigenvalue weighted by molar-refractivity contribution is 6.35. The first-order chi connectivity index (χ1) is 14.7. The predicted molar refractivity (Wildman–Crippen MR) is 110 cm³/mol. The molecule has 0 saturated carbocycles. The molecule has 32 heavy (non-hydrogen) atoms. The number of halogens is 7. The lowest BCUT2D eigenvalue weighted by Crippen LogP contribution is -2.68. The van der Waals surface area contributed by atoms with Crippen LogP contribution in [0.15, 0.2) is 47.5 Å². The highest BCUT2D eigenvalue weighted by Crippen LogP contribution is 2.53. The Morgan fingerprint density at radius 1 is 1.00 bits per heavy atom. The lowest BCUT2D eigenvalue weighted by molar-refractivity contribution is -0.307. The van der Waals surface area contributed by atoms with Gasteiger partial charge in [0, 0.05) is 17.8 Å². The third-order valence-corrected chi connectivity index (χ3v) is 5.92. The monoisotopic (exact) mass is 476 g/mol. The first-order valence-corrected chi connectivity index (χ1v) is 9.92. The summed E-state index contributed by atoms with van der Waals surface area (Å²) in [7, 11) is 0. The molecule has 1 unspecified atom stereocenters. The van der Waals surface area contributed by atoms with E-state index in [4.69, 9.17) is 11.6 Å². The Kier molecular flexibility index (Phi) is 6.10. The minimum Gasteiger partial charge on any atom is -0.325 e. The van der Waals surface area contributed by atoms with E-state index in [9.17, 15) is 31.1 Å². The summed E-state index contributed by atoms with van der Waals surface area (Å²) in [5.41, 5.74) is -3.14. The van der Waals surface area contributed by atoms with Gasteiger partial charge in [-0.05, 0) is 44.0 Å². The van der Waals surface area contributed by atoms with Crippen LogP contribution in [0.5, 0.6) is 0 Å². The fraction of sp³-hybridized carbons (Fsp3) is 0.364. The fourth-order valence-corrected chi connectivity index (χ4v) is 4.31. The van der Waals surface area contributed by atoms with E-state index in [1.54, 1.807) is 32.0 Å². The number of Topliss-reactive ketones (excluding diaryl/α,β-unsaturated/α-hetero) is 1. The molecule has 1 heterocycles. The van der Waals surface area contributed by atoms with E-state index in [1.165, 1.54) is 29.2 Å². The van der Waals surface area contributed by atoms with Gasteiger partial charge in [0.15, 0.2) is 0 Å². The van der Waals surface area contributed by atoms with Gasteiger partial charge in [-0.1, -0.05) is 41.9 Å². The molecular weight excluding hydrogens is 458 g/mol. The molecule has 2 aromatic rings. The second kappa shape index (κ2) is 8.10. The molecular formula is C22H19ClF6N2O. The fourth-order valence-electron chi connectivity index (χ4n) is 4.09. The first-order valence-electron chi connectivity index (χ1n) is 9.54. The van der Waals surface area contributed by atoms with Gasteiger partial charge in [0.1, 0.15) is 11.6 Å². The average Bonchev–Trinajstić information content (AvgIpc) is 2.66. The van der Waals surface area contributed by atoms with Crippen molar-refractivity contribution in [1.29, 1.82) is 0 Å². The van der Waals surface area contributed by atoms with Crippen LogP contribution in [-0.4, -0.2) is 36.1 Å². The lowest BCUT2D eigenvalue weighted by atomic mass is 9.77. The summed E-state index contributed by atoms with van der Waals surface area (Å²) >= 11 is 6.17. The van der Waals surface area contributed by atoms with E-state index in [0.29, 0.717) is 16.8 Å². The number of para-hydroxylation sites is 1. The third-order valence-electron chi connectivity index (χ3n) is 5.59. The van der Waals surface area contributed by atoms with Crippen molar-refractivity contribution in [3.63, 3.8) is 0 Å². The van der Waals surface area contributed by atoms with Gasteiger partial charge in [0.2, 0.25) is 0 Å². The van der Waals surface area contributed by atoms with Crippen LogP contribution in [-0.2, 0) is 4.79 Å². The summed E-state index contributed by atoms with van der Waals surface area (Å²) in [6.45, 7) is 3.19. The number of aryl methyl sites for hydroxylation is 2. The van der Waals surface area contributed by atoms with Crippen molar-refractivity contribution in [2.75, 3.05) is 11.4 Å². The van der Waals surface area contributed by atoms with E-state index < -0.39 is 42.0 Å². The Morgan fingerprint density at radius 2 is 1.53 bits per heavy atom. The van der Waals surface area contributed by atoms with Crippen LogP contribution < -0.4 is 4.90 Å². The Labute approximate surface area is 185 Å². The second-order valence-corrected chi connectivity index (χ2v) is 8.10. The number of benzene rings is 2. The van der Waals surface area contributed by atoms with Crippen LogP contribution in [0.25, 0.3) is 0 Å². The number of hydrogen-bond donors (Lipinski definition) is 0. The predicted octanol–water partition coefficient (Wildman–Crippen LogP) is 6.29. The summed E-state index contributed by atoms with van der Waals surface area (Å²) < 4.78 is 84.9. The number of aliphatic imine (C=N–C) groups is 1. The smallest absolute Gasteiger partial charge is 0.325 e. The SMILES string of the molecule is CC(=O)C1CN(c2c(C)cccc2C)C(c2ccccc2Cl)=NC1(C(F)(F)F)C(F)(F)F. The van der Waals surface area contributed by atoms with Crippen molar-refractivity contribution < 1.29 is 31.1 Å². The highest BCUT2D eigenvalue weighted by atomic mass is 35.5. The average molecular weight is 477 g/mol. The molecule has 10 heteroatoms. The molecule has 0 bridgehead atoms. The van der Waals surface area contributed by atoms with E-state index >= 15 is 0 Å². The van der Waals surface area contributed by atoms with Crippen LogP contribution in [0, 0.1) is 19.8 Å². The molecule has 172 valence electrons. The largest absolute Gasteiger partial charge is 0.423 e. The van der Waals surface area contributed by atoms with E-state index in [1.807, 2.05) is 0 Å². The van der Waals surface area contributed by atoms with Gasteiger partial charge < -0.3 is 4.90 Å². The van der Waals surface area contributed by atoms with Crippen molar-refractivity contribution >= 4 is 28.9 Å². The summed E-state index contributed by atoms with van der Waals surface area (Å²) in [5.74, 6) is -4.37. The maximum Gasteiger partial charge on any atom is 0.423 e. The molecule has 0 radical (unpaired) electrons. The Hall–Kier alpha value is -2.55. The number of carbonyl (C=O) groups is 1. The van der Waals surface area contributed by atoms with E-state index in [0.717, 1.165) is 6.92 Å². The van der Waals surface area contributed by atoms with Crippen LogP contribution in [0.2, 0.25) is 5.02 Å². The van der Waals surface area contributed by atoms with Crippen molar-refractivity contribution in [3.8, 4) is 0 Å². The normalized spacial score (nSPS) is 19.0. The zero-order chi connectivity index (χ0) is 24.1. The van der Waals surface area contributed by atoms with Crippen molar-refractivity contribution in [2.24, 2.45) is 10.9 Å². The number of alkyl halides is 6. The minimum atomic E-state index is -5.87. The minimum absolute atomic E-state index is 0.0676. The molecule has 2 aromatic carbocycles. The summed E-state index contributed by atoms with van der Waals surface area (Å²) in [4.78, 5) is 16.8. The lowest BCUT2D eigenvalue weighted by Gasteiger charge is -2.46. The van der Waals surface area contributed by atoms with Gasteiger partial charge in [-0.3, -0.25) is 4.79 Å². The zero-order valence-electron chi connectivity index (χ0n) is 17.3. The van der Waals surface area contributed by atoms with E-state index in [2.05, 4.69) is 4.99 Å². The Morgan fingerprint density at radius 3 is 2.00 bits per heavy atom. The Bertz CT molecular complexity index is 1040. The van der Waals surface area contributed by atoms with Gasteiger partial charge >= 0.3 is 12.4 Å². The molecule has 1 aliphatic heterocycles. The van der Waals surface area contributed by atoms with Crippen molar-refractivity contribution in [1.82, 2.24) is 0 Å². The van der Waals surface area contributed by atoms with Crippen molar-refractivity contribution in [2.45, 2.75) is 38.7 Å². The standard InChI is InChI=1S/C22H19ClF6N2O/c1-12-7-6-8-13(2)18(12)31-11-16(14(3)32)20(21(24,25)26,22(27,28)29)30-19(31)15-9-4-5-10-17(15)23/h4-10,16H,11H2,1-3H3. The molecule has 0 fully saturated rings. The molecule has 1 atom stereocenters. The summed E-state index contributed by atoms with van der Waals surface area (Å²) in [6.07, 6.45) is -11.7. The van der Waals surface area contributed by atoms with Crippen LogP contribution in [0.4, 0.5) is 32.0 Å². The maximum absolute atomic E-state index is 14.1. The quantitative estimate of drug-likeness (QED) is 0.487. The molecule has 0 aliphatic carbocycles. The number of nitrogens with zero attached hydrogens (tertiary/aromatic N) is 2. The summed E-state index contributed by atoms with van der Waals surface area (Å²) in [5, 5.41) is -0.0676. The number of carbonyl (C=O) groups excluding carboxylic acids is 1. The molecule has 0 N–H and O–H groups in total. The second-order valence-electron chi connectivity index (χ2n) is 7.69. The topological polar surface area (TPSA) is 32.7 Å². The van der Waals surface area contributed by atoms with Gasteiger partial charge in [0.05, 0.1) is 10.9 Å². The zero-order valence-corrected chi connectivity index (χ0v) is 18.0. The number of amidine groups is 1. The van der Waals surface area contributed by atoms with Gasteiger partial charge in [-0.2, -0.15) is 26.3 Å². The van der Waals surface area contributed by atoms with Crippen LogP contribution in [0.3, 0.4) is 0 Å². The summed E-state index contributed by atoms with van der Waals surface area (Å²) in [6, 6.07) is 10.6. The first kappa shape index (κ1) is 24.1. The van der Waals surface area contributed by atoms with Crippen molar-refractivity contribution in [3.05, 3.63) is 64.2 Å². The van der Waals surface area contributed by atoms with Gasteiger partial charge in [0.25, 0.3) is 5.54 Å². The molecule has 0 aromatic heterocycles. The molecule has 0 saturated heterocycles. The molecule has 0 amide bonds. The number of anilines is 1. The van der Waals surface area contributed by atoms with Crippen LogP contribution in [0.1, 0.15) is 23.6 Å². The van der Waals surface area contributed by atoms with E-state index in [-0.39, 0.29) is 10.6 Å². The van der Waals surface area contributed by atoms with Gasteiger partial charge in [-0.15, -0.1) is 0 Å². The van der Waals surface area contributed by atoms with Gasteiger partial charge in [-0.25, -0.2) is 4.99 Å². The van der Waals surface area contributed by atoms with Crippen LogP contribution >= 0.6 is 11.6 Å². The Balaban J connectivity index is 2.46.